The third kappa shape index (κ3) is 8.41. The summed E-state index contributed by atoms with van der Waals surface area (Å²) in [5, 5.41) is 5.38. The average molecular weight is 801 g/mol. The highest BCUT2D eigenvalue weighted by molar-refractivity contribution is 8.05. The Bertz CT molecular complexity index is 2100. The molecule has 4 atom stereocenters. The second kappa shape index (κ2) is 17.0. The van der Waals surface area contributed by atoms with E-state index in [4.69, 9.17) is 14.7 Å². The molecule has 3 aliphatic rings. The van der Waals surface area contributed by atoms with Crippen molar-refractivity contribution in [1.29, 1.82) is 0 Å². The molecule has 56 heavy (non-hydrogen) atoms. The molecule has 0 spiro atoms. The Kier molecular flexibility index (Phi) is 12.0. The molecule has 2 aromatic heterocycles. The number of nitrogens with zero attached hydrogens (tertiary/aromatic N) is 4. The van der Waals surface area contributed by atoms with Crippen LogP contribution in [0.3, 0.4) is 0 Å². The number of carbonyl (C=O) groups is 4. The van der Waals surface area contributed by atoms with E-state index in [-0.39, 0.29) is 35.7 Å². The molecule has 4 amide bonds. The molecule has 0 saturated carbocycles. The maximum Gasteiger partial charge on any atom is 0.407 e. The van der Waals surface area contributed by atoms with E-state index in [0.717, 1.165) is 79.4 Å². The number of imidazole rings is 2. The number of H-pyrrole nitrogens is 2. The van der Waals surface area contributed by atoms with Gasteiger partial charge in [0.25, 0.3) is 0 Å². The Hall–Kier alpha value is -4.96. The number of rotatable bonds is 11. The lowest BCUT2D eigenvalue weighted by Crippen LogP contribution is -2.51. The normalized spacial score (nSPS) is 18.6. The SMILES string of the molecule is COC(=O)NCC(C)CC(=O)N1CCCC1c1ncc(-c2ccc3c(c2)Sc2ccc(-c4cnc(C5CCCN5C(=O)C(NC(=O)OC)C(C)C)[nH]4)cc2S3)[nH]1. The molecule has 2 aromatic carbocycles. The Morgan fingerprint density at radius 2 is 1.32 bits per heavy atom. The molecular weight excluding hydrogens is 753 g/mol. The van der Waals surface area contributed by atoms with Crippen LogP contribution >= 0.6 is 23.5 Å². The van der Waals surface area contributed by atoms with Crippen LogP contribution in [0, 0.1) is 11.8 Å². The number of methoxy groups -OCH3 is 2. The van der Waals surface area contributed by atoms with Crippen molar-refractivity contribution in [2.45, 2.75) is 90.6 Å². The fraction of sp³-hybridized carbons (Fsp3) is 0.450. The molecule has 7 rings (SSSR count). The number of alkyl carbamates (subject to hydrolysis) is 2. The Morgan fingerprint density at radius 3 is 1.86 bits per heavy atom. The largest absolute Gasteiger partial charge is 0.453 e. The second-order valence-electron chi connectivity index (χ2n) is 14.9. The molecule has 16 heteroatoms. The highest BCUT2D eigenvalue weighted by Crippen LogP contribution is 2.50. The lowest BCUT2D eigenvalue weighted by molar-refractivity contribution is -0.135. The smallest absolute Gasteiger partial charge is 0.407 e. The average Bonchev–Trinajstić information content (AvgIpc) is 4.04. The molecule has 2 fully saturated rings. The van der Waals surface area contributed by atoms with E-state index in [9.17, 15) is 19.2 Å². The van der Waals surface area contributed by atoms with Crippen LogP contribution in [0.5, 0.6) is 0 Å². The first-order valence-electron chi connectivity index (χ1n) is 19.0. The Morgan fingerprint density at radius 1 is 0.786 bits per heavy atom. The summed E-state index contributed by atoms with van der Waals surface area (Å²) in [5.41, 5.74) is 3.82. The summed E-state index contributed by atoms with van der Waals surface area (Å²) in [6.45, 7) is 7.41. The summed E-state index contributed by atoms with van der Waals surface area (Å²) in [6.07, 6.45) is 6.28. The minimum Gasteiger partial charge on any atom is -0.453 e. The Labute approximate surface area is 334 Å². The van der Waals surface area contributed by atoms with Gasteiger partial charge in [-0.05, 0) is 61.8 Å². The second-order valence-corrected chi connectivity index (χ2v) is 17.0. The van der Waals surface area contributed by atoms with Crippen molar-refractivity contribution < 1.29 is 28.7 Å². The standard InChI is InChI=1S/C40H48N8O6S2/c1-22(2)35(46-40(52)54-5)38(50)48-15-7-9-29(48)37-42-21-27(45-37)25-11-13-31-33(18-25)56-30-12-10-24(17-32(30)55-31)26-20-41-36(44-26)28-8-6-14-47(28)34(49)16-23(3)19-43-39(51)53-4/h10-13,17-18,20-23,28-29,35H,6-9,14-16,19H2,1-5H3,(H,41,44)(H,42,45)(H,43,51)(H,46,52). The van der Waals surface area contributed by atoms with E-state index >= 15 is 0 Å². The highest BCUT2D eigenvalue weighted by Gasteiger charge is 2.38. The van der Waals surface area contributed by atoms with Crippen LogP contribution in [0.4, 0.5) is 9.59 Å². The number of hydrogen-bond donors (Lipinski definition) is 4. The van der Waals surface area contributed by atoms with Crippen molar-refractivity contribution in [2.24, 2.45) is 11.8 Å². The molecule has 0 bridgehead atoms. The van der Waals surface area contributed by atoms with Crippen LogP contribution in [0.1, 0.15) is 76.6 Å². The molecule has 3 aliphatic heterocycles. The summed E-state index contributed by atoms with van der Waals surface area (Å²) in [7, 11) is 2.62. The lowest BCUT2D eigenvalue weighted by Gasteiger charge is -2.30. The molecule has 0 radical (unpaired) electrons. The molecule has 14 nitrogen and oxygen atoms in total. The number of carbonyl (C=O) groups excluding carboxylic acids is 4. The molecular formula is C40H48N8O6S2. The number of hydrogen-bond acceptors (Lipinski definition) is 10. The van der Waals surface area contributed by atoms with Gasteiger partial charge in [-0.15, -0.1) is 0 Å². The van der Waals surface area contributed by atoms with E-state index < -0.39 is 18.2 Å². The van der Waals surface area contributed by atoms with Crippen LogP contribution < -0.4 is 10.6 Å². The summed E-state index contributed by atoms with van der Waals surface area (Å²) in [4.78, 5) is 75.1. The summed E-state index contributed by atoms with van der Waals surface area (Å²) < 4.78 is 9.41. The fourth-order valence-corrected chi connectivity index (χ4v) is 9.86. The molecule has 4 unspecified atom stereocenters. The third-order valence-corrected chi connectivity index (χ3v) is 13.1. The monoisotopic (exact) mass is 800 g/mol. The fourth-order valence-electron chi connectivity index (χ4n) is 7.58. The topological polar surface area (TPSA) is 175 Å². The van der Waals surface area contributed by atoms with Crippen LogP contribution in [0.25, 0.3) is 22.5 Å². The predicted molar refractivity (Wildman–Crippen MR) is 212 cm³/mol. The number of benzene rings is 2. The van der Waals surface area contributed by atoms with E-state index in [1.165, 1.54) is 14.2 Å². The zero-order valence-corrected chi connectivity index (χ0v) is 33.9. The van der Waals surface area contributed by atoms with E-state index in [1.54, 1.807) is 23.5 Å². The quantitative estimate of drug-likeness (QED) is 0.107. The first kappa shape index (κ1) is 39.3. The van der Waals surface area contributed by atoms with Crippen molar-refractivity contribution >= 4 is 47.5 Å². The van der Waals surface area contributed by atoms with Crippen LogP contribution in [0.2, 0.25) is 0 Å². The van der Waals surface area contributed by atoms with Gasteiger partial charge in [-0.1, -0.05) is 56.4 Å². The molecule has 4 N–H and O–H groups in total. The summed E-state index contributed by atoms with van der Waals surface area (Å²) in [6, 6.07) is 11.9. The summed E-state index contributed by atoms with van der Waals surface area (Å²) >= 11 is 3.46. The lowest BCUT2D eigenvalue weighted by atomic mass is 10.0. The third-order valence-electron chi connectivity index (χ3n) is 10.6. The minimum absolute atomic E-state index is 0.0228. The molecule has 2 saturated heterocycles. The Balaban J connectivity index is 1.00. The zero-order valence-electron chi connectivity index (χ0n) is 32.2. The van der Waals surface area contributed by atoms with Gasteiger partial charge in [0.15, 0.2) is 0 Å². The van der Waals surface area contributed by atoms with Crippen LogP contribution in [-0.2, 0) is 19.1 Å². The first-order chi connectivity index (χ1) is 27.0. The summed E-state index contributed by atoms with van der Waals surface area (Å²) in [5.74, 6) is 1.31. The molecule has 4 aromatic rings. The number of fused-ring (bicyclic) bond motifs is 2. The van der Waals surface area contributed by atoms with Crippen molar-refractivity contribution in [3.63, 3.8) is 0 Å². The highest BCUT2D eigenvalue weighted by atomic mass is 32.2. The van der Waals surface area contributed by atoms with E-state index in [0.29, 0.717) is 26.1 Å². The number of likely N-dealkylation sites (tertiary alicyclic amines) is 2. The first-order valence-corrected chi connectivity index (χ1v) is 20.7. The van der Waals surface area contributed by atoms with Crippen molar-refractivity contribution in [1.82, 2.24) is 40.4 Å². The number of aromatic amines is 2. The molecule has 5 heterocycles. The van der Waals surface area contributed by atoms with Gasteiger partial charge >= 0.3 is 12.2 Å². The van der Waals surface area contributed by atoms with E-state index in [1.807, 2.05) is 43.0 Å². The van der Waals surface area contributed by atoms with E-state index in [2.05, 4.69) is 61.7 Å². The number of aromatic nitrogens is 4. The van der Waals surface area contributed by atoms with Gasteiger partial charge in [0, 0.05) is 56.8 Å². The van der Waals surface area contributed by atoms with Gasteiger partial charge in [-0.3, -0.25) is 9.59 Å². The van der Waals surface area contributed by atoms with Crippen molar-refractivity contribution in [3.8, 4) is 22.5 Å². The van der Waals surface area contributed by atoms with Gasteiger partial charge in [0.2, 0.25) is 11.8 Å². The maximum absolute atomic E-state index is 13.6. The number of ether oxygens (including phenoxy) is 2. The number of amides is 4. The van der Waals surface area contributed by atoms with Crippen LogP contribution in [-0.4, -0.2) is 93.6 Å². The van der Waals surface area contributed by atoms with Crippen molar-refractivity contribution in [2.75, 3.05) is 33.9 Å². The molecule has 296 valence electrons. The van der Waals surface area contributed by atoms with Gasteiger partial charge in [0.05, 0.1) is 50.1 Å². The van der Waals surface area contributed by atoms with Crippen LogP contribution in [0.15, 0.2) is 68.4 Å². The van der Waals surface area contributed by atoms with Gasteiger partial charge in [-0.2, -0.15) is 0 Å². The van der Waals surface area contributed by atoms with Gasteiger partial charge in [-0.25, -0.2) is 19.6 Å². The number of nitrogens with one attached hydrogen (secondary N) is 4. The van der Waals surface area contributed by atoms with Gasteiger partial charge in [0.1, 0.15) is 17.7 Å². The maximum atomic E-state index is 13.6. The predicted octanol–water partition coefficient (Wildman–Crippen LogP) is 7.17. The molecule has 0 aliphatic carbocycles. The van der Waals surface area contributed by atoms with Crippen molar-refractivity contribution in [3.05, 3.63) is 60.4 Å². The minimum atomic E-state index is -0.686. The van der Waals surface area contributed by atoms with Gasteiger partial charge < -0.3 is 39.9 Å². The zero-order chi connectivity index (χ0) is 39.5.